The second kappa shape index (κ2) is 3.59. The summed E-state index contributed by atoms with van der Waals surface area (Å²) < 4.78 is 15.9. The number of halogens is 1. The first-order valence-electron chi connectivity index (χ1n) is 5.79. The van der Waals surface area contributed by atoms with Gasteiger partial charge < -0.3 is 10.3 Å². The van der Waals surface area contributed by atoms with E-state index in [4.69, 9.17) is 5.73 Å². The molecule has 0 saturated carbocycles. The summed E-state index contributed by atoms with van der Waals surface area (Å²) >= 11 is 0. The fourth-order valence-corrected chi connectivity index (χ4v) is 2.76. The summed E-state index contributed by atoms with van der Waals surface area (Å²) in [7, 11) is 0. The van der Waals surface area contributed by atoms with Crippen LogP contribution in [0.1, 0.15) is 24.5 Å². The molecule has 2 nitrogen and oxygen atoms in total. The Balaban J connectivity index is 2.29. The Kier molecular flexibility index (Phi) is 2.21. The highest BCUT2D eigenvalue weighted by atomic mass is 19.1. The van der Waals surface area contributed by atoms with Gasteiger partial charge in [0.15, 0.2) is 0 Å². The summed E-state index contributed by atoms with van der Waals surface area (Å²) in [6.07, 6.45) is 2.21. The third-order valence-electron chi connectivity index (χ3n) is 3.54. The first kappa shape index (κ1) is 9.85. The molecule has 1 aliphatic rings. The zero-order valence-electron chi connectivity index (χ0n) is 9.12. The van der Waals surface area contributed by atoms with E-state index < -0.39 is 0 Å². The smallest absolute Gasteiger partial charge is 0.147 e. The molecule has 0 bridgehead atoms. The van der Waals surface area contributed by atoms with Gasteiger partial charge in [0.05, 0.1) is 5.52 Å². The molecule has 1 aliphatic heterocycles. The molecule has 1 aromatic heterocycles. The van der Waals surface area contributed by atoms with Gasteiger partial charge >= 0.3 is 0 Å². The van der Waals surface area contributed by atoms with Crippen molar-refractivity contribution >= 4 is 10.9 Å². The molecule has 3 rings (SSSR count). The quantitative estimate of drug-likeness (QED) is 0.783. The van der Waals surface area contributed by atoms with E-state index in [0.29, 0.717) is 12.5 Å². The maximum absolute atomic E-state index is 13.8. The fraction of sp³-hybridized carbons (Fsp3) is 0.385. The fourth-order valence-electron chi connectivity index (χ4n) is 2.76. The summed E-state index contributed by atoms with van der Waals surface area (Å²) in [5.41, 5.74) is 7.72. The zero-order valence-corrected chi connectivity index (χ0v) is 9.12. The monoisotopic (exact) mass is 218 g/mol. The van der Waals surface area contributed by atoms with Crippen molar-refractivity contribution in [3.05, 3.63) is 35.8 Å². The molecule has 0 saturated heterocycles. The van der Waals surface area contributed by atoms with Crippen LogP contribution in [0.3, 0.4) is 0 Å². The summed E-state index contributed by atoms with van der Waals surface area (Å²) in [6, 6.07) is 7.36. The second-order valence-electron chi connectivity index (χ2n) is 4.47. The number of nitrogens with two attached hydrogens (primary N) is 1. The minimum absolute atomic E-state index is 0.124. The number of benzene rings is 1. The van der Waals surface area contributed by atoms with Crippen molar-refractivity contribution < 1.29 is 4.39 Å². The van der Waals surface area contributed by atoms with Crippen LogP contribution in [-0.2, 0) is 6.54 Å². The normalized spacial score (nSPS) is 20.0. The van der Waals surface area contributed by atoms with Crippen molar-refractivity contribution in [3.63, 3.8) is 0 Å². The molecule has 2 aromatic rings. The lowest BCUT2D eigenvalue weighted by Gasteiger charge is -2.24. The van der Waals surface area contributed by atoms with Crippen molar-refractivity contribution in [3.8, 4) is 0 Å². The number of hydrogen-bond donors (Lipinski definition) is 1. The van der Waals surface area contributed by atoms with Gasteiger partial charge in [0.1, 0.15) is 5.82 Å². The van der Waals surface area contributed by atoms with Gasteiger partial charge in [-0.1, -0.05) is 12.1 Å². The molecule has 1 atom stereocenters. The van der Waals surface area contributed by atoms with E-state index in [1.807, 2.05) is 6.07 Å². The zero-order chi connectivity index (χ0) is 11.1. The molecule has 1 unspecified atom stereocenters. The van der Waals surface area contributed by atoms with Crippen LogP contribution in [0.15, 0.2) is 24.3 Å². The molecule has 2 heterocycles. The number of para-hydroxylation sites is 1. The number of rotatable bonds is 1. The molecule has 3 heteroatoms. The minimum atomic E-state index is -0.124. The highest BCUT2D eigenvalue weighted by molar-refractivity contribution is 5.82. The van der Waals surface area contributed by atoms with Gasteiger partial charge in [-0.15, -0.1) is 0 Å². The number of nitrogens with zero attached hydrogens (tertiary/aromatic N) is 1. The van der Waals surface area contributed by atoms with Gasteiger partial charge in [0.25, 0.3) is 0 Å². The van der Waals surface area contributed by atoms with Crippen LogP contribution in [0.5, 0.6) is 0 Å². The first-order valence-corrected chi connectivity index (χ1v) is 5.79. The Morgan fingerprint density at radius 3 is 3.12 bits per heavy atom. The van der Waals surface area contributed by atoms with Crippen molar-refractivity contribution in [1.82, 2.24) is 4.57 Å². The van der Waals surface area contributed by atoms with Gasteiger partial charge in [-0.05, 0) is 25.0 Å². The van der Waals surface area contributed by atoms with E-state index in [1.165, 1.54) is 11.8 Å². The maximum atomic E-state index is 13.8. The van der Waals surface area contributed by atoms with Crippen molar-refractivity contribution in [1.29, 1.82) is 0 Å². The maximum Gasteiger partial charge on any atom is 0.147 e. The Bertz CT molecular complexity index is 530. The lowest BCUT2D eigenvalue weighted by atomic mass is 9.96. The molecule has 16 heavy (non-hydrogen) atoms. The summed E-state index contributed by atoms with van der Waals surface area (Å²) in [4.78, 5) is 0. The van der Waals surface area contributed by atoms with Gasteiger partial charge in [-0.3, -0.25) is 0 Å². The molecular formula is C13H15FN2. The summed E-state index contributed by atoms with van der Waals surface area (Å²) in [5.74, 6) is 0.266. The summed E-state index contributed by atoms with van der Waals surface area (Å²) in [6.45, 7) is 1.56. The Labute approximate surface area is 93.9 Å². The van der Waals surface area contributed by atoms with Crippen LogP contribution < -0.4 is 5.73 Å². The van der Waals surface area contributed by atoms with Gasteiger partial charge in [0.2, 0.25) is 0 Å². The Hall–Kier alpha value is -1.35. The van der Waals surface area contributed by atoms with E-state index in [1.54, 1.807) is 6.07 Å². The summed E-state index contributed by atoms with van der Waals surface area (Å²) in [5, 5.41) is 0.996. The lowest BCUT2D eigenvalue weighted by Crippen LogP contribution is -2.21. The number of aromatic nitrogens is 1. The SMILES string of the molecule is NCC1CCCn2c1cc1cccc(F)c12. The van der Waals surface area contributed by atoms with E-state index >= 15 is 0 Å². The molecular weight excluding hydrogens is 203 g/mol. The molecule has 0 aliphatic carbocycles. The number of fused-ring (bicyclic) bond motifs is 3. The Morgan fingerprint density at radius 2 is 2.31 bits per heavy atom. The average Bonchev–Trinajstić information content (AvgIpc) is 2.68. The van der Waals surface area contributed by atoms with Crippen LogP contribution in [0.25, 0.3) is 10.9 Å². The van der Waals surface area contributed by atoms with E-state index in [2.05, 4.69) is 10.6 Å². The van der Waals surface area contributed by atoms with Gasteiger partial charge in [0, 0.05) is 30.1 Å². The number of hydrogen-bond acceptors (Lipinski definition) is 1. The largest absolute Gasteiger partial charge is 0.342 e. The third-order valence-corrected chi connectivity index (χ3v) is 3.54. The van der Waals surface area contributed by atoms with Crippen molar-refractivity contribution in [2.75, 3.05) is 6.54 Å². The van der Waals surface area contributed by atoms with Crippen LogP contribution >= 0.6 is 0 Å². The van der Waals surface area contributed by atoms with Gasteiger partial charge in [-0.25, -0.2) is 4.39 Å². The highest BCUT2D eigenvalue weighted by Gasteiger charge is 2.22. The standard InChI is InChI=1S/C13H15FN2/c14-11-5-1-3-9-7-12-10(8-15)4-2-6-16(12)13(9)11/h1,3,5,7,10H,2,4,6,8,15H2. The van der Waals surface area contributed by atoms with E-state index in [0.717, 1.165) is 30.3 Å². The average molecular weight is 218 g/mol. The highest BCUT2D eigenvalue weighted by Crippen LogP contribution is 2.33. The van der Waals surface area contributed by atoms with Crippen molar-refractivity contribution in [2.45, 2.75) is 25.3 Å². The predicted molar refractivity (Wildman–Crippen MR) is 62.9 cm³/mol. The van der Waals surface area contributed by atoms with E-state index in [-0.39, 0.29) is 5.82 Å². The van der Waals surface area contributed by atoms with Crippen LogP contribution in [0.2, 0.25) is 0 Å². The molecule has 0 fully saturated rings. The molecule has 84 valence electrons. The Morgan fingerprint density at radius 1 is 1.44 bits per heavy atom. The topological polar surface area (TPSA) is 30.9 Å². The van der Waals surface area contributed by atoms with E-state index in [9.17, 15) is 4.39 Å². The third kappa shape index (κ3) is 1.28. The molecule has 0 amide bonds. The van der Waals surface area contributed by atoms with Crippen LogP contribution in [0, 0.1) is 5.82 Å². The number of aryl methyl sites for hydroxylation is 1. The molecule has 1 aromatic carbocycles. The van der Waals surface area contributed by atoms with Crippen molar-refractivity contribution in [2.24, 2.45) is 5.73 Å². The minimum Gasteiger partial charge on any atom is -0.342 e. The van der Waals surface area contributed by atoms with Crippen LogP contribution in [0.4, 0.5) is 4.39 Å². The second-order valence-corrected chi connectivity index (χ2v) is 4.47. The predicted octanol–water partition coefficient (Wildman–Crippen LogP) is 2.62. The van der Waals surface area contributed by atoms with Crippen LogP contribution in [-0.4, -0.2) is 11.1 Å². The molecule has 2 N–H and O–H groups in total. The molecule has 0 spiro atoms. The van der Waals surface area contributed by atoms with Gasteiger partial charge in [-0.2, -0.15) is 0 Å². The molecule has 0 radical (unpaired) electrons. The lowest BCUT2D eigenvalue weighted by molar-refractivity contribution is 0.463. The first-order chi connectivity index (χ1) is 7.81.